The summed E-state index contributed by atoms with van der Waals surface area (Å²) < 4.78 is 9.97. The maximum Gasteiger partial charge on any atom is 0.323 e. The number of carboxylic acids is 1. The number of hydrogen-bond donors (Lipinski definition) is 2. The largest absolute Gasteiger partial charge is 0.497 e. The third-order valence-corrected chi connectivity index (χ3v) is 2.57. The lowest BCUT2D eigenvalue weighted by Crippen LogP contribution is -2.41. The number of methoxy groups -OCH3 is 2. The van der Waals surface area contributed by atoms with Gasteiger partial charge in [-0.15, -0.1) is 0 Å². The number of carboxylic acid groups (broad SMARTS) is 1. The summed E-state index contributed by atoms with van der Waals surface area (Å²) in [6.07, 6.45) is 0.741. The van der Waals surface area contributed by atoms with Gasteiger partial charge in [-0.05, 0) is 24.1 Å². The fourth-order valence-electron chi connectivity index (χ4n) is 1.60. The van der Waals surface area contributed by atoms with Gasteiger partial charge in [-0.3, -0.25) is 4.79 Å². The zero-order valence-corrected chi connectivity index (χ0v) is 10.7. The zero-order valence-electron chi connectivity index (χ0n) is 10.7. The highest BCUT2D eigenvalue weighted by Crippen LogP contribution is 2.12. The molecule has 0 radical (unpaired) electrons. The Hall–Kier alpha value is -1.59. The summed E-state index contributed by atoms with van der Waals surface area (Å²) in [5.41, 5.74) is 1.10. The van der Waals surface area contributed by atoms with E-state index in [4.69, 9.17) is 14.6 Å². The molecule has 5 nitrogen and oxygen atoms in total. The van der Waals surface area contributed by atoms with Gasteiger partial charge in [0.2, 0.25) is 0 Å². The van der Waals surface area contributed by atoms with Crippen LogP contribution in [0.25, 0.3) is 0 Å². The molecule has 0 fully saturated rings. The van der Waals surface area contributed by atoms with Gasteiger partial charge in [0.15, 0.2) is 0 Å². The number of carbonyl (C=O) groups is 1. The van der Waals surface area contributed by atoms with Crippen molar-refractivity contribution in [2.45, 2.75) is 12.5 Å². The lowest BCUT2D eigenvalue weighted by molar-refractivity contribution is -0.140. The third-order valence-electron chi connectivity index (χ3n) is 2.57. The molecule has 5 heteroatoms. The van der Waals surface area contributed by atoms with Gasteiger partial charge in [0.1, 0.15) is 11.8 Å². The van der Waals surface area contributed by atoms with Crippen molar-refractivity contribution in [3.63, 3.8) is 0 Å². The van der Waals surface area contributed by atoms with E-state index in [9.17, 15) is 4.79 Å². The highest BCUT2D eigenvalue weighted by atomic mass is 16.5. The first-order valence-corrected chi connectivity index (χ1v) is 5.75. The molecule has 0 heterocycles. The van der Waals surface area contributed by atoms with Crippen molar-refractivity contribution in [2.75, 3.05) is 27.4 Å². The molecular formula is C13H19NO4. The molecule has 1 aromatic carbocycles. The maximum absolute atomic E-state index is 10.9. The molecule has 1 atom stereocenters. The number of nitrogens with one attached hydrogen (secondary N) is 1. The molecule has 0 spiro atoms. The van der Waals surface area contributed by atoms with E-state index in [1.807, 2.05) is 24.3 Å². The van der Waals surface area contributed by atoms with Crippen LogP contribution in [0, 0.1) is 0 Å². The predicted molar refractivity (Wildman–Crippen MR) is 68.0 cm³/mol. The molecule has 0 amide bonds. The average molecular weight is 253 g/mol. The summed E-state index contributed by atoms with van der Waals surface area (Å²) in [4.78, 5) is 10.9. The minimum atomic E-state index is -0.900. The van der Waals surface area contributed by atoms with Gasteiger partial charge >= 0.3 is 5.97 Å². The minimum absolute atomic E-state index is 0.160. The van der Waals surface area contributed by atoms with Crippen LogP contribution < -0.4 is 10.1 Å². The molecule has 0 bridgehead atoms. The van der Waals surface area contributed by atoms with Crippen molar-refractivity contribution in [1.82, 2.24) is 5.32 Å². The van der Waals surface area contributed by atoms with Gasteiger partial charge in [-0.25, -0.2) is 0 Å². The Morgan fingerprint density at radius 3 is 2.83 bits per heavy atom. The van der Waals surface area contributed by atoms with Crippen LogP contribution >= 0.6 is 0 Å². The van der Waals surface area contributed by atoms with E-state index >= 15 is 0 Å². The molecule has 1 aromatic rings. The summed E-state index contributed by atoms with van der Waals surface area (Å²) in [7, 11) is 3.11. The Morgan fingerprint density at radius 2 is 2.22 bits per heavy atom. The molecule has 1 rings (SSSR count). The molecule has 0 aliphatic heterocycles. The van der Waals surface area contributed by atoms with E-state index in [1.165, 1.54) is 7.11 Å². The highest BCUT2D eigenvalue weighted by molar-refractivity contribution is 5.73. The maximum atomic E-state index is 10.9. The number of hydrogen-bond acceptors (Lipinski definition) is 4. The standard InChI is InChI=1S/C13H19NO4/c1-17-9-12(13(15)16)14-7-6-10-4-3-5-11(8-10)18-2/h3-5,8,12,14H,6-7,9H2,1-2H3,(H,15,16). The van der Waals surface area contributed by atoms with Crippen LogP contribution in [0.2, 0.25) is 0 Å². The first-order chi connectivity index (χ1) is 8.67. The SMILES string of the molecule is COCC(NCCc1cccc(OC)c1)C(=O)O. The molecule has 2 N–H and O–H groups in total. The van der Waals surface area contributed by atoms with Crippen LogP contribution in [-0.2, 0) is 16.0 Å². The second-order valence-electron chi connectivity index (χ2n) is 3.90. The molecule has 18 heavy (non-hydrogen) atoms. The summed E-state index contributed by atoms with van der Waals surface area (Å²) in [6.45, 7) is 0.737. The number of rotatable bonds is 8. The Balaban J connectivity index is 2.42. The van der Waals surface area contributed by atoms with Crippen molar-refractivity contribution >= 4 is 5.97 Å². The van der Waals surface area contributed by atoms with Gasteiger partial charge in [-0.2, -0.15) is 0 Å². The van der Waals surface area contributed by atoms with E-state index in [1.54, 1.807) is 7.11 Å². The van der Waals surface area contributed by atoms with Crippen LogP contribution in [0.4, 0.5) is 0 Å². The second-order valence-corrected chi connectivity index (χ2v) is 3.90. The molecular weight excluding hydrogens is 234 g/mol. The third kappa shape index (κ3) is 4.73. The first-order valence-electron chi connectivity index (χ1n) is 5.75. The fraction of sp³-hybridized carbons (Fsp3) is 0.462. The van der Waals surface area contributed by atoms with Crippen LogP contribution in [0.15, 0.2) is 24.3 Å². The molecule has 1 unspecified atom stereocenters. The quantitative estimate of drug-likeness (QED) is 0.721. The molecule has 100 valence electrons. The monoisotopic (exact) mass is 253 g/mol. The number of aliphatic carboxylic acids is 1. The molecule has 0 aromatic heterocycles. The smallest absolute Gasteiger partial charge is 0.323 e. The van der Waals surface area contributed by atoms with Gasteiger partial charge < -0.3 is 19.9 Å². The Bertz CT molecular complexity index is 381. The van der Waals surface area contributed by atoms with Crippen molar-refractivity contribution < 1.29 is 19.4 Å². The van der Waals surface area contributed by atoms with Crippen molar-refractivity contribution in [3.8, 4) is 5.75 Å². The van der Waals surface area contributed by atoms with E-state index in [-0.39, 0.29) is 6.61 Å². The highest BCUT2D eigenvalue weighted by Gasteiger charge is 2.15. The van der Waals surface area contributed by atoms with Gasteiger partial charge in [0, 0.05) is 13.7 Å². The van der Waals surface area contributed by atoms with Crippen molar-refractivity contribution in [2.24, 2.45) is 0 Å². The van der Waals surface area contributed by atoms with E-state index in [0.717, 1.165) is 17.7 Å². The summed E-state index contributed by atoms with van der Waals surface area (Å²) >= 11 is 0. The van der Waals surface area contributed by atoms with E-state index in [2.05, 4.69) is 5.32 Å². The van der Waals surface area contributed by atoms with Crippen LogP contribution in [0.1, 0.15) is 5.56 Å². The second kappa shape index (κ2) is 7.68. The summed E-state index contributed by atoms with van der Waals surface area (Å²) in [5.74, 6) is -0.0957. The number of benzene rings is 1. The molecule has 0 saturated carbocycles. The summed E-state index contributed by atoms with van der Waals surface area (Å²) in [5, 5.41) is 11.9. The lowest BCUT2D eigenvalue weighted by atomic mass is 10.1. The topological polar surface area (TPSA) is 67.8 Å². The van der Waals surface area contributed by atoms with Gasteiger partial charge in [-0.1, -0.05) is 12.1 Å². The van der Waals surface area contributed by atoms with Gasteiger partial charge in [0.05, 0.1) is 13.7 Å². The molecule has 0 aliphatic carbocycles. The molecule has 0 aliphatic rings. The van der Waals surface area contributed by atoms with Crippen LogP contribution in [0.5, 0.6) is 5.75 Å². The first kappa shape index (κ1) is 14.5. The fourth-order valence-corrected chi connectivity index (χ4v) is 1.60. The average Bonchev–Trinajstić information content (AvgIpc) is 2.38. The van der Waals surface area contributed by atoms with E-state index in [0.29, 0.717) is 6.54 Å². The Kier molecular flexibility index (Phi) is 6.18. The van der Waals surface area contributed by atoms with Crippen LogP contribution in [0.3, 0.4) is 0 Å². The lowest BCUT2D eigenvalue weighted by Gasteiger charge is -2.13. The van der Waals surface area contributed by atoms with Crippen molar-refractivity contribution in [1.29, 1.82) is 0 Å². The summed E-state index contributed by atoms with van der Waals surface area (Å²) in [6, 6.07) is 7.05. The molecule has 0 saturated heterocycles. The predicted octanol–water partition coefficient (Wildman–Crippen LogP) is 0.927. The normalized spacial score (nSPS) is 12.1. The Morgan fingerprint density at radius 1 is 1.44 bits per heavy atom. The van der Waals surface area contributed by atoms with Crippen molar-refractivity contribution in [3.05, 3.63) is 29.8 Å². The minimum Gasteiger partial charge on any atom is -0.497 e. The zero-order chi connectivity index (χ0) is 13.4. The Labute approximate surface area is 107 Å². The number of ether oxygens (including phenoxy) is 2. The van der Waals surface area contributed by atoms with E-state index < -0.39 is 12.0 Å². The van der Waals surface area contributed by atoms with Gasteiger partial charge in [0.25, 0.3) is 0 Å². The van der Waals surface area contributed by atoms with Crippen LogP contribution in [-0.4, -0.2) is 44.5 Å².